The van der Waals surface area contributed by atoms with E-state index in [4.69, 9.17) is 28.0 Å². The van der Waals surface area contributed by atoms with Crippen molar-refractivity contribution in [3.05, 3.63) is 0 Å². The number of rotatable bonds is 12. The summed E-state index contributed by atoms with van der Waals surface area (Å²) >= 11 is 0. The van der Waals surface area contributed by atoms with Crippen LogP contribution in [-0.4, -0.2) is 58.7 Å². The molecule has 0 aliphatic rings. The van der Waals surface area contributed by atoms with Crippen molar-refractivity contribution in [1.82, 2.24) is 10.6 Å². The van der Waals surface area contributed by atoms with Crippen LogP contribution in [0.15, 0.2) is 0 Å². The molecule has 5 amide bonds. The molecule has 0 bridgehead atoms. The summed E-state index contributed by atoms with van der Waals surface area (Å²) in [5.41, 5.74) is 20.5. The van der Waals surface area contributed by atoms with Crippen molar-refractivity contribution in [3.8, 4) is 0 Å². The second-order valence-corrected chi connectivity index (χ2v) is 5.40. The molecule has 0 radical (unpaired) electrons. The molecule has 13 heteroatoms. The number of hydrogen-bond donors (Lipinski definition) is 7. The largest absolute Gasteiger partial charge is 0.481 e. The van der Waals surface area contributed by atoms with E-state index in [-0.39, 0.29) is 12.8 Å². The maximum atomic E-state index is 12.2. The summed E-state index contributed by atoms with van der Waals surface area (Å²) in [4.78, 5) is 67.8. The zero-order chi connectivity index (χ0) is 20.4. The van der Waals surface area contributed by atoms with Gasteiger partial charge in [0.1, 0.15) is 12.1 Å². The number of carbonyl (C=O) groups is 6. The predicted octanol–water partition coefficient (Wildman–Crippen LogP) is -4.62. The molecule has 26 heavy (non-hydrogen) atoms. The van der Waals surface area contributed by atoms with Crippen LogP contribution in [-0.2, 0) is 28.8 Å². The monoisotopic (exact) mass is 374 g/mol. The summed E-state index contributed by atoms with van der Waals surface area (Å²) in [6, 6.07) is -4.22. The molecule has 0 saturated heterocycles. The van der Waals surface area contributed by atoms with E-state index in [9.17, 15) is 28.8 Å². The fourth-order valence-electron chi connectivity index (χ4n) is 1.80. The lowest BCUT2D eigenvalue weighted by Crippen LogP contribution is -2.56. The van der Waals surface area contributed by atoms with Crippen LogP contribution in [0.1, 0.15) is 25.7 Å². The van der Waals surface area contributed by atoms with Crippen molar-refractivity contribution in [2.24, 2.45) is 22.9 Å². The van der Waals surface area contributed by atoms with Crippen LogP contribution < -0.4 is 33.6 Å². The van der Waals surface area contributed by atoms with Crippen LogP contribution in [0.4, 0.5) is 0 Å². The first-order valence-corrected chi connectivity index (χ1v) is 7.38. The Bertz CT molecular complexity index is 594. The fraction of sp³-hybridized carbons (Fsp3) is 0.538. The molecule has 0 heterocycles. The Hall–Kier alpha value is -3.22. The van der Waals surface area contributed by atoms with Crippen LogP contribution in [0.25, 0.3) is 0 Å². The standard InChI is InChI=1S/C13H22N6O7/c14-5(1-2-10(22)23)12(25)19-7(4-9(16)21)13(26)18-6(11(17)24)3-8(15)20/h5-7H,1-4,14H2,(H2,15,20)(H2,16,21)(H2,17,24)(H,18,26)(H,19,25)(H,22,23)/t5-,6-,7-/m0/s1. The van der Waals surface area contributed by atoms with Crippen LogP contribution in [0, 0.1) is 0 Å². The number of amides is 5. The molecule has 0 aromatic heterocycles. The summed E-state index contributed by atoms with van der Waals surface area (Å²) < 4.78 is 0. The fourth-order valence-corrected chi connectivity index (χ4v) is 1.80. The van der Waals surface area contributed by atoms with E-state index in [0.717, 1.165) is 0 Å². The van der Waals surface area contributed by atoms with Gasteiger partial charge in [-0.25, -0.2) is 0 Å². The molecule has 0 unspecified atom stereocenters. The van der Waals surface area contributed by atoms with Crippen molar-refractivity contribution in [2.45, 2.75) is 43.8 Å². The molecule has 0 spiro atoms. The number of carboxylic acids is 1. The maximum absolute atomic E-state index is 12.2. The average molecular weight is 374 g/mol. The molecule has 0 fully saturated rings. The highest BCUT2D eigenvalue weighted by atomic mass is 16.4. The van der Waals surface area contributed by atoms with E-state index >= 15 is 0 Å². The lowest BCUT2D eigenvalue weighted by Gasteiger charge is -2.22. The smallest absolute Gasteiger partial charge is 0.303 e. The second-order valence-electron chi connectivity index (χ2n) is 5.40. The van der Waals surface area contributed by atoms with Gasteiger partial charge in [-0.2, -0.15) is 0 Å². The van der Waals surface area contributed by atoms with E-state index in [1.807, 2.05) is 0 Å². The highest BCUT2D eigenvalue weighted by Crippen LogP contribution is 2.00. The number of hydrogen-bond acceptors (Lipinski definition) is 7. The van der Waals surface area contributed by atoms with Crippen molar-refractivity contribution in [1.29, 1.82) is 0 Å². The third-order valence-corrected chi connectivity index (χ3v) is 3.11. The van der Waals surface area contributed by atoms with Crippen molar-refractivity contribution >= 4 is 35.5 Å². The first kappa shape index (κ1) is 22.8. The average Bonchev–Trinajstić information content (AvgIpc) is 2.49. The Kier molecular flexibility index (Phi) is 9.29. The van der Waals surface area contributed by atoms with E-state index in [1.54, 1.807) is 0 Å². The number of carbonyl (C=O) groups excluding carboxylic acids is 5. The predicted molar refractivity (Wildman–Crippen MR) is 85.5 cm³/mol. The number of aliphatic carboxylic acids is 1. The minimum absolute atomic E-state index is 0.211. The Morgan fingerprint density at radius 3 is 1.69 bits per heavy atom. The molecule has 0 saturated carbocycles. The summed E-state index contributed by atoms with van der Waals surface area (Å²) in [5, 5.41) is 12.8. The molecule has 0 rings (SSSR count). The van der Waals surface area contributed by atoms with Crippen LogP contribution in [0.2, 0.25) is 0 Å². The zero-order valence-corrected chi connectivity index (χ0v) is 13.8. The van der Waals surface area contributed by atoms with Crippen molar-refractivity contribution in [2.75, 3.05) is 0 Å². The molecular weight excluding hydrogens is 352 g/mol. The van der Waals surface area contributed by atoms with Crippen molar-refractivity contribution in [3.63, 3.8) is 0 Å². The summed E-state index contributed by atoms with van der Waals surface area (Å²) in [6.07, 6.45) is -1.82. The van der Waals surface area contributed by atoms with E-state index in [2.05, 4.69) is 10.6 Å². The zero-order valence-electron chi connectivity index (χ0n) is 13.8. The van der Waals surface area contributed by atoms with Gasteiger partial charge in [0.2, 0.25) is 29.5 Å². The molecule has 0 aliphatic carbocycles. The van der Waals surface area contributed by atoms with E-state index < -0.39 is 66.5 Å². The van der Waals surface area contributed by atoms with Gasteiger partial charge in [-0.15, -0.1) is 0 Å². The first-order chi connectivity index (χ1) is 11.9. The van der Waals surface area contributed by atoms with Gasteiger partial charge in [-0.1, -0.05) is 0 Å². The minimum Gasteiger partial charge on any atom is -0.481 e. The number of primary amides is 3. The van der Waals surface area contributed by atoms with Gasteiger partial charge in [0, 0.05) is 6.42 Å². The SMILES string of the molecule is NC(=O)C[C@H](NC(=O)[C@H](CC(N)=O)NC(=O)[C@@H](N)CCC(=O)O)C(N)=O. The molecule has 0 aromatic rings. The summed E-state index contributed by atoms with van der Waals surface area (Å²) in [5.74, 6) is -6.02. The van der Waals surface area contributed by atoms with Gasteiger partial charge in [0.25, 0.3) is 0 Å². The van der Waals surface area contributed by atoms with Crippen LogP contribution >= 0.6 is 0 Å². The third kappa shape index (κ3) is 9.17. The first-order valence-electron chi connectivity index (χ1n) is 7.38. The quantitative estimate of drug-likeness (QED) is 0.174. The van der Waals surface area contributed by atoms with Gasteiger partial charge in [0.15, 0.2) is 0 Å². The van der Waals surface area contributed by atoms with Gasteiger partial charge < -0.3 is 38.7 Å². The van der Waals surface area contributed by atoms with E-state index in [0.29, 0.717) is 0 Å². The lowest BCUT2D eigenvalue weighted by molar-refractivity contribution is -0.137. The highest BCUT2D eigenvalue weighted by molar-refractivity contribution is 5.96. The summed E-state index contributed by atoms with van der Waals surface area (Å²) in [6.45, 7) is 0. The number of carboxylic acid groups (broad SMARTS) is 1. The second kappa shape index (κ2) is 10.6. The van der Waals surface area contributed by atoms with Gasteiger partial charge in [-0.3, -0.25) is 28.8 Å². The van der Waals surface area contributed by atoms with Crippen LogP contribution in [0.5, 0.6) is 0 Å². The Balaban J connectivity index is 5.05. The molecule has 0 aliphatic heterocycles. The molecule has 3 atom stereocenters. The number of nitrogens with two attached hydrogens (primary N) is 4. The normalized spacial score (nSPS) is 13.7. The minimum atomic E-state index is -1.51. The van der Waals surface area contributed by atoms with Gasteiger partial charge in [-0.05, 0) is 6.42 Å². The molecule has 13 nitrogen and oxygen atoms in total. The van der Waals surface area contributed by atoms with E-state index in [1.165, 1.54) is 0 Å². The topological polar surface area (TPSA) is 251 Å². The Morgan fingerprint density at radius 1 is 0.808 bits per heavy atom. The molecular formula is C13H22N6O7. The summed E-state index contributed by atoms with van der Waals surface area (Å²) in [7, 11) is 0. The molecule has 0 aromatic carbocycles. The van der Waals surface area contributed by atoms with Gasteiger partial charge in [0.05, 0.1) is 18.9 Å². The van der Waals surface area contributed by atoms with Gasteiger partial charge >= 0.3 is 5.97 Å². The Morgan fingerprint density at radius 2 is 1.27 bits per heavy atom. The molecule has 11 N–H and O–H groups in total. The van der Waals surface area contributed by atoms with Crippen LogP contribution in [0.3, 0.4) is 0 Å². The Labute approximate surface area is 147 Å². The highest BCUT2D eigenvalue weighted by Gasteiger charge is 2.29. The maximum Gasteiger partial charge on any atom is 0.303 e. The molecule has 146 valence electrons. The third-order valence-electron chi connectivity index (χ3n) is 3.11. The van der Waals surface area contributed by atoms with Crippen molar-refractivity contribution < 1.29 is 33.9 Å². The number of nitrogens with one attached hydrogen (secondary N) is 2. The lowest BCUT2D eigenvalue weighted by atomic mass is 10.1.